The van der Waals surface area contributed by atoms with Crippen LogP contribution in [0, 0.1) is 10.1 Å². The first-order valence-electron chi connectivity index (χ1n) is 5.50. The molecule has 86 valence electrons. The van der Waals surface area contributed by atoms with E-state index in [1.54, 1.807) is 12.1 Å². The molecule has 0 spiro atoms. The van der Waals surface area contributed by atoms with Crippen molar-refractivity contribution < 1.29 is 10.2 Å². The second-order valence-corrected chi connectivity index (χ2v) is 4.19. The number of hydrogen-bond acceptors (Lipinski definition) is 3. The van der Waals surface area contributed by atoms with Gasteiger partial charge in [-0.05, 0) is 13.0 Å². The highest BCUT2D eigenvalue weighted by atomic mass is 16.6. The molecule has 1 fully saturated rings. The van der Waals surface area contributed by atoms with E-state index in [4.69, 9.17) is 0 Å². The Balaban J connectivity index is 2.28. The standard InChI is InChI=1S/C11H15N3O2/c1-9-8-13(7-6-12-9)10-4-2-3-5-11(10)14(15)16/h2-5,9,12H,6-8H2,1H3/p+1/t9-/m1/s1. The normalized spacial score (nSPS) is 20.8. The monoisotopic (exact) mass is 222 g/mol. The Labute approximate surface area is 94.2 Å². The minimum Gasteiger partial charge on any atom is -0.354 e. The molecule has 1 aliphatic rings. The molecule has 1 atom stereocenters. The van der Waals surface area contributed by atoms with Crippen LogP contribution in [-0.2, 0) is 0 Å². The van der Waals surface area contributed by atoms with Crippen molar-refractivity contribution in [2.75, 3.05) is 24.5 Å². The predicted octanol–water partition coefficient (Wildman–Crippen LogP) is 0.367. The van der Waals surface area contributed by atoms with Gasteiger partial charge in [0.25, 0.3) is 5.69 Å². The fourth-order valence-corrected chi connectivity index (χ4v) is 2.13. The molecule has 1 heterocycles. The van der Waals surface area contributed by atoms with Crippen molar-refractivity contribution in [3.63, 3.8) is 0 Å². The summed E-state index contributed by atoms with van der Waals surface area (Å²) in [6.45, 7) is 4.87. The topological polar surface area (TPSA) is 63.0 Å². The lowest BCUT2D eigenvalue weighted by molar-refractivity contribution is -0.687. The maximum atomic E-state index is 10.9. The summed E-state index contributed by atoms with van der Waals surface area (Å²) < 4.78 is 0. The van der Waals surface area contributed by atoms with Crippen LogP contribution in [0.5, 0.6) is 0 Å². The highest BCUT2D eigenvalue weighted by molar-refractivity contribution is 5.63. The fourth-order valence-electron chi connectivity index (χ4n) is 2.13. The summed E-state index contributed by atoms with van der Waals surface area (Å²) in [7, 11) is 0. The Morgan fingerprint density at radius 3 is 2.94 bits per heavy atom. The van der Waals surface area contributed by atoms with Gasteiger partial charge >= 0.3 is 0 Å². The van der Waals surface area contributed by atoms with Crippen molar-refractivity contribution >= 4 is 11.4 Å². The van der Waals surface area contributed by atoms with Crippen molar-refractivity contribution in [3.05, 3.63) is 34.4 Å². The van der Waals surface area contributed by atoms with Gasteiger partial charge in [-0.3, -0.25) is 10.1 Å². The maximum absolute atomic E-state index is 10.9. The van der Waals surface area contributed by atoms with Crippen molar-refractivity contribution in [2.45, 2.75) is 13.0 Å². The fraction of sp³-hybridized carbons (Fsp3) is 0.455. The van der Waals surface area contributed by atoms with E-state index >= 15 is 0 Å². The van der Waals surface area contributed by atoms with Gasteiger partial charge < -0.3 is 10.2 Å². The number of anilines is 1. The van der Waals surface area contributed by atoms with E-state index in [0.717, 1.165) is 25.3 Å². The minimum atomic E-state index is -0.307. The van der Waals surface area contributed by atoms with Gasteiger partial charge in [0, 0.05) is 6.07 Å². The van der Waals surface area contributed by atoms with Crippen LogP contribution in [0.4, 0.5) is 11.4 Å². The van der Waals surface area contributed by atoms with Gasteiger partial charge in [-0.15, -0.1) is 0 Å². The molecule has 0 radical (unpaired) electrons. The number of rotatable bonds is 2. The zero-order valence-corrected chi connectivity index (χ0v) is 9.30. The molecular formula is C11H16N3O2+. The molecule has 16 heavy (non-hydrogen) atoms. The van der Waals surface area contributed by atoms with Crippen molar-refractivity contribution in [2.24, 2.45) is 0 Å². The van der Waals surface area contributed by atoms with E-state index < -0.39 is 0 Å². The van der Waals surface area contributed by atoms with Crippen LogP contribution in [0.3, 0.4) is 0 Å². The van der Waals surface area contributed by atoms with Crippen LogP contribution in [0.1, 0.15) is 6.92 Å². The van der Waals surface area contributed by atoms with E-state index in [0.29, 0.717) is 6.04 Å². The van der Waals surface area contributed by atoms with E-state index in [1.165, 1.54) is 0 Å². The number of hydrogen-bond donors (Lipinski definition) is 1. The number of para-hydroxylation sites is 2. The number of piperazine rings is 1. The van der Waals surface area contributed by atoms with Crippen molar-refractivity contribution in [1.29, 1.82) is 0 Å². The summed E-state index contributed by atoms with van der Waals surface area (Å²) in [6.07, 6.45) is 0. The average molecular weight is 222 g/mol. The van der Waals surface area contributed by atoms with Gasteiger partial charge in [-0.2, -0.15) is 0 Å². The van der Waals surface area contributed by atoms with Gasteiger partial charge in [-0.25, -0.2) is 0 Å². The predicted molar refractivity (Wildman–Crippen MR) is 61.6 cm³/mol. The summed E-state index contributed by atoms with van der Waals surface area (Å²) in [5.41, 5.74) is 0.948. The Morgan fingerprint density at radius 1 is 1.50 bits per heavy atom. The number of benzene rings is 1. The Morgan fingerprint density at radius 2 is 2.25 bits per heavy atom. The molecule has 0 bridgehead atoms. The third kappa shape index (κ3) is 2.14. The Kier molecular flexibility index (Phi) is 3.05. The lowest BCUT2D eigenvalue weighted by atomic mass is 10.2. The third-order valence-electron chi connectivity index (χ3n) is 2.90. The first-order valence-corrected chi connectivity index (χ1v) is 5.50. The minimum absolute atomic E-state index is 0.205. The SMILES string of the molecule is C[C@@H]1CN(c2ccccc2[N+](=O)[O-])CC[NH2+]1. The van der Waals surface area contributed by atoms with Crippen LogP contribution in [-0.4, -0.2) is 30.6 Å². The van der Waals surface area contributed by atoms with Crippen LogP contribution in [0.2, 0.25) is 0 Å². The second-order valence-electron chi connectivity index (χ2n) is 4.19. The first-order chi connectivity index (χ1) is 7.68. The molecule has 2 N–H and O–H groups in total. The Hall–Kier alpha value is -1.62. The second kappa shape index (κ2) is 4.49. The molecule has 0 amide bonds. The maximum Gasteiger partial charge on any atom is 0.292 e. The zero-order chi connectivity index (χ0) is 11.5. The molecule has 0 aromatic heterocycles. The number of nitrogens with two attached hydrogens (primary N) is 1. The molecule has 0 saturated carbocycles. The van der Waals surface area contributed by atoms with Gasteiger partial charge in [0.15, 0.2) is 0 Å². The third-order valence-corrected chi connectivity index (χ3v) is 2.90. The molecule has 2 rings (SSSR count). The number of nitro benzene ring substituents is 1. The zero-order valence-electron chi connectivity index (χ0n) is 9.30. The number of nitro groups is 1. The average Bonchev–Trinajstić information content (AvgIpc) is 2.29. The molecule has 1 saturated heterocycles. The van der Waals surface area contributed by atoms with E-state index in [2.05, 4.69) is 17.1 Å². The Bertz CT molecular complexity index is 395. The first kappa shape index (κ1) is 10.9. The van der Waals surface area contributed by atoms with Gasteiger partial charge in [0.2, 0.25) is 0 Å². The summed E-state index contributed by atoms with van der Waals surface area (Å²) in [5, 5.41) is 13.2. The van der Waals surface area contributed by atoms with E-state index in [9.17, 15) is 10.1 Å². The summed E-state index contributed by atoms with van der Waals surface area (Å²) >= 11 is 0. The summed E-state index contributed by atoms with van der Waals surface area (Å²) in [4.78, 5) is 12.7. The highest BCUT2D eigenvalue weighted by Gasteiger charge is 2.24. The molecule has 0 unspecified atom stereocenters. The molecule has 1 aromatic rings. The number of nitrogens with zero attached hydrogens (tertiary/aromatic N) is 2. The molecular weight excluding hydrogens is 206 g/mol. The van der Waals surface area contributed by atoms with Gasteiger partial charge in [0.1, 0.15) is 11.7 Å². The van der Waals surface area contributed by atoms with Gasteiger partial charge in [0.05, 0.1) is 24.6 Å². The highest BCUT2D eigenvalue weighted by Crippen LogP contribution is 2.27. The largest absolute Gasteiger partial charge is 0.354 e. The van der Waals surface area contributed by atoms with Crippen molar-refractivity contribution in [1.82, 2.24) is 0 Å². The number of quaternary nitrogens is 1. The lowest BCUT2D eigenvalue weighted by Gasteiger charge is -2.30. The quantitative estimate of drug-likeness (QED) is 0.580. The molecule has 1 aromatic carbocycles. The summed E-state index contributed by atoms with van der Waals surface area (Å²) in [5.74, 6) is 0. The van der Waals surface area contributed by atoms with Crippen LogP contribution in [0.15, 0.2) is 24.3 Å². The van der Waals surface area contributed by atoms with Crippen LogP contribution < -0.4 is 10.2 Å². The smallest absolute Gasteiger partial charge is 0.292 e. The molecule has 1 aliphatic heterocycles. The van der Waals surface area contributed by atoms with Crippen molar-refractivity contribution in [3.8, 4) is 0 Å². The van der Waals surface area contributed by atoms with Gasteiger partial charge in [-0.1, -0.05) is 12.1 Å². The van der Waals surface area contributed by atoms with E-state index in [-0.39, 0.29) is 10.6 Å². The molecule has 5 nitrogen and oxygen atoms in total. The molecule has 5 heteroatoms. The lowest BCUT2D eigenvalue weighted by Crippen LogP contribution is -2.94. The molecule has 0 aliphatic carbocycles. The summed E-state index contributed by atoms with van der Waals surface area (Å²) in [6, 6.07) is 7.45. The van der Waals surface area contributed by atoms with E-state index in [1.807, 2.05) is 12.1 Å². The van der Waals surface area contributed by atoms with Crippen LogP contribution >= 0.6 is 0 Å². The van der Waals surface area contributed by atoms with Crippen LogP contribution in [0.25, 0.3) is 0 Å².